The highest BCUT2D eigenvalue weighted by molar-refractivity contribution is 5.98. The van der Waals surface area contributed by atoms with Crippen molar-refractivity contribution < 1.29 is 36.6 Å². The number of fused-ring (bicyclic) bond motifs is 1. The summed E-state index contributed by atoms with van der Waals surface area (Å²) < 4.78 is 69.8. The van der Waals surface area contributed by atoms with E-state index in [9.17, 15) is 31.9 Å². The van der Waals surface area contributed by atoms with E-state index in [0.29, 0.717) is 16.7 Å². The van der Waals surface area contributed by atoms with Gasteiger partial charge in [-0.2, -0.15) is 17.6 Å². The van der Waals surface area contributed by atoms with E-state index in [1.54, 1.807) is 12.1 Å². The number of ether oxygens (including phenoxy) is 1. The number of aliphatic hydroxyl groups excluding tert-OH is 1. The van der Waals surface area contributed by atoms with E-state index in [2.05, 4.69) is 10.1 Å². The smallest absolute Gasteiger partial charge is 0.428 e. The zero-order valence-corrected chi connectivity index (χ0v) is 20.9. The molecule has 0 aliphatic heterocycles. The third-order valence-corrected chi connectivity index (χ3v) is 6.56. The Kier molecular flexibility index (Phi) is 9.01. The van der Waals surface area contributed by atoms with Gasteiger partial charge in [-0.3, -0.25) is 4.79 Å². The van der Waals surface area contributed by atoms with Crippen molar-refractivity contribution in [1.82, 2.24) is 5.32 Å². The standard InChI is InChI=1S/C30H28F5NO3/c31-22-15-13-21(14-16-22)27(37)26(18-19-7-5-10-23(17-19)39-30(34,35)29(32)33)36-28(38)25-12-6-9-20-8-3-1-2-4-11-24(20)25/h4-7,9-17,26-27,29,37H,1-3,8,18H2,(H,36,38)/b11-4-/t26-,27-/m1/s1. The summed E-state index contributed by atoms with van der Waals surface area (Å²) >= 11 is 0. The first-order valence-electron chi connectivity index (χ1n) is 12.6. The Balaban J connectivity index is 1.63. The Hall–Kier alpha value is -3.72. The minimum absolute atomic E-state index is 0.0629. The molecule has 0 saturated carbocycles. The van der Waals surface area contributed by atoms with Gasteiger partial charge in [0.05, 0.1) is 12.1 Å². The van der Waals surface area contributed by atoms with Gasteiger partial charge in [-0.05, 0) is 84.7 Å². The summed E-state index contributed by atoms with van der Waals surface area (Å²) in [6.07, 6.45) is -2.40. The van der Waals surface area contributed by atoms with Crippen LogP contribution in [0, 0.1) is 5.82 Å². The van der Waals surface area contributed by atoms with Crippen molar-refractivity contribution in [2.45, 2.75) is 56.8 Å². The summed E-state index contributed by atoms with van der Waals surface area (Å²) in [7, 11) is 0. The number of aryl methyl sites for hydroxylation is 1. The summed E-state index contributed by atoms with van der Waals surface area (Å²) in [4.78, 5) is 13.5. The van der Waals surface area contributed by atoms with Gasteiger partial charge < -0.3 is 15.2 Å². The van der Waals surface area contributed by atoms with Crippen LogP contribution in [0.2, 0.25) is 0 Å². The van der Waals surface area contributed by atoms with Crippen LogP contribution in [0.1, 0.15) is 58.0 Å². The number of carbonyl (C=O) groups is 1. The lowest BCUT2D eigenvalue weighted by Gasteiger charge is -2.26. The van der Waals surface area contributed by atoms with Gasteiger partial charge in [0.15, 0.2) is 0 Å². The van der Waals surface area contributed by atoms with Crippen molar-refractivity contribution in [1.29, 1.82) is 0 Å². The molecule has 0 bridgehead atoms. The molecule has 2 N–H and O–H groups in total. The lowest BCUT2D eigenvalue weighted by Crippen LogP contribution is -2.41. The first kappa shape index (κ1) is 28.3. The van der Waals surface area contributed by atoms with Crippen LogP contribution in [0.25, 0.3) is 6.08 Å². The largest absolute Gasteiger partial charge is 0.461 e. The highest BCUT2D eigenvalue weighted by Crippen LogP contribution is 2.29. The summed E-state index contributed by atoms with van der Waals surface area (Å²) in [6.45, 7) is 0. The molecule has 0 saturated heterocycles. The molecule has 0 heterocycles. The average Bonchev–Trinajstić information content (AvgIpc) is 2.88. The molecule has 1 aliphatic carbocycles. The van der Waals surface area contributed by atoms with Gasteiger partial charge in [-0.15, -0.1) is 0 Å². The number of carbonyl (C=O) groups excluding carboxylic acids is 1. The first-order valence-corrected chi connectivity index (χ1v) is 12.6. The molecule has 0 unspecified atom stereocenters. The number of alkyl halides is 4. The van der Waals surface area contributed by atoms with Gasteiger partial charge >= 0.3 is 12.5 Å². The Labute approximate surface area is 223 Å². The highest BCUT2D eigenvalue weighted by Gasteiger charge is 2.44. The van der Waals surface area contributed by atoms with Crippen LogP contribution in [0.5, 0.6) is 5.75 Å². The van der Waals surface area contributed by atoms with E-state index in [-0.39, 0.29) is 6.42 Å². The maximum Gasteiger partial charge on any atom is 0.461 e. The van der Waals surface area contributed by atoms with Crippen molar-refractivity contribution in [3.05, 3.63) is 106 Å². The molecule has 0 spiro atoms. The van der Waals surface area contributed by atoms with E-state index in [4.69, 9.17) is 0 Å². The summed E-state index contributed by atoms with van der Waals surface area (Å²) in [5, 5.41) is 14.0. The first-order chi connectivity index (χ1) is 18.6. The van der Waals surface area contributed by atoms with E-state index in [1.807, 2.05) is 18.2 Å². The number of halogens is 5. The van der Waals surface area contributed by atoms with Gasteiger partial charge in [-0.25, -0.2) is 4.39 Å². The van der Waals surface area contributed by atoms with Gasteiger partial charge in [0.25, 0.3) is 5.91 Å². The molecule has 0 fully saturated rings. The van der Waals surface area contributed by atoms with Gasteiger partial charge in [0.1, 0.15) is 11.6 Å². The monoisotopic (exact) mass is 545 g/mol. The number of rotatable bonds is 9. The van der Waals surface area contributed by atoms with E-state index in [0.717, 1.165) is 48.9 Å². The van der Waals surface area contributed by atoms with Crippen LogP contribution in [0.15, 0.2) is 72.8 Å². The summed E-state index contributed by atoms with van der Waals surface area (Å²) in [5.74, 6) is -1.46. The van der Waals surface area contributed by atoms with Crippen molar-refractivity contribution in [2.24, 2.45) is 0 Å². The van der Waals surface area contributed by atoms with Crippen LogP contribution < -0.4 is 10.1 Å². The zero-order valence-electron chi connectivity index (χ0n) is 20.9. The molecular weight excluding hydrogens is 517 g/mol. The number of hydrogen-bond acceptors (Lipinski definition) is 3. The Morgan fingerprint density at radius 1 is 1.03 bits per heavy atom. The molecule has 9 heteroatoms. The van der Waals surface area contributed by atoms with Crippen LogP contribution in [0.3, 0.4) is 0 Å². The minimum atomic E-state index is -4.68. The van der Waals surface area contributed by atoms with Gasteiger partial charge in [-0.1, -0.05) is 48.6 Å². The number of aliphatic hydroxyl groups is 1. The minimum Gasteiger partial charge on any atom is -0.428 e. The number of nitrogens with one attached hydrogen (secondary N) is 1. The maximum absolute atomic E-state index is 13.5. The van der Waals surface area contributed by atoms with Crippen LogP contribution in [-0.2, 0) is 12.8 Å². The fraction of sp³-hybridized carbons (Fsp3) is 0.300. The van der Waals surface area contributed by atoms with Crippen molar-refractivity contribution in [3.63, 3.8) is 0 Å². The predicted molar refractivity (Wildman–Crippen MR) is 137 cm³/mol. The number of hydrogen-bond donors (Lipinski definition) is 2. The molecule has 0 aromatic heterocycles. The quantitative estimate of drug-likeness (QED) is 0.289. The number of allylic oxidation sites excluding steroid dienone is 1. The van der Waals surface area contributed by atoms with Crippen LogP contribution in [0.4, 0.5) is 22.0 Å². The van der Waals surface area contributed by atoms with Gasteiger partial charge in [0.2, 0.25) is 0 Å². The zero-order chi connectivity index (χ0) is 28.0. The van der Waals surface area contributed by atoms with E-state index in [1.165, 1.54) is 36.4 Å². The Morgan fingerprint density at radius 3 is 2.51 bits per heavy atom. The molecule has 2 atom stereocenters. The average molecular weight is 546 g/mol. The van der Waals surface area contributed by atoms with E-state index >= 15 is 0 Å². The Morgan fingerprint density at radius 2 is 1.77 bits per heavy atom. The molecule has 206 valence electrons. The predicted octanol–water partition coefficient (Wildman–Crippen LogP) is 6.88. The number of benzene rings is 3. The van der Waals surface area contributed by atoms with Crippen molar-refractivity contribution in [2.75, 3.05) is 0 Å². The second-order valence-electron chi connectivity index (χ2n) is 9.42. The fourth-order valence-electron chi connectivity index (χ4n) is 4.58. The van der Waals surface area contributed by atoms with E-state index < -0.39 is 42.2 Å². The summed E-state index contributed by atoms with van der Waals surface area (Å²) in [5.41, 5.74) is 2.89. The topological polar surface area (TPSA) is 58.6 Å². The third-order valence-electron chi connectivity index (χ3n) is 6.56. The third kappa shape index (κ3) is 7.23. The molecular formula is C30H28F5NO3. The molecule has 4 nitrogen and oxygen atoms in total. The second-order valence-corrected chi connectivity index (χ2v) is 9.42. The molecule has 3 aromatic carbocycles. The second kappa shape index (κ2) is 12.4. The van der Waals surface area contributed by atoms with Crippen LogP contribution >= 0.6 is 0 Å². The molecule has 1 amide bonds. The molecule has 3 aromatic rings. The fourth-order valence-corrected chi connectivity index (χ4v) is 4.58. The number of amides is 1. The van der Waals surface area contributed by atoms with Gasteiger partial charge in [0, 0.05) is 5.56 Å². The lowest BCUT2D eigenvalue weighted by molar-refractivity contribution is -0.253. The van der Waals surface area contributed by atoms with Crippen molar-refractivity contribution in [3.8, 4) is 5.75 Å². The molecule has 4 rings (SSSR count). The lowest BCUT2D eigenvalue weighted by atomic mass is 9.92. The molecule has 0 radical (unpaired) electrons. The Bertz CT molecular complexity index is 1310. The molecule has 1 aliphatic rings. The maximum atomic E-state index is 13.5. The molecule has 39 heavy (non-hydrogen) atoms. The van der Waals surface area contributed by atoms with Crippen molar-refractivity contribution >= 4 is 12.0 Å². The highest BCUT2D eigenvalue weighted by atomic mass is 19.3. The van der Waals surface area contributed by atoms with Crippen LogP contribution in [-0.4, -0.2) is 29.6 Å². The summed E-state index contributed by atoms with van der Waals surface area (Å²) in [6, 6.07) is 14.7. The normalized spacial score (nSPS) is 16.0. The SMILES string of the molecule is O=C(N[C@H](Cc1cccc(OC(F)(F)C(F)F)c1)[C@H](O)c1ccc(F)cc1)c1cccc2c1/C=C\CCCC2.